The van der Waals surface area contributed by atoms with E-state index in [2.05, 4.69) is 22.7 Å². The van der Waals surface area contributed by atoms with E-state index < -0.39 is 24.0 Å². The number of aliphatic hydroxyl groups excluding tert-OH is 2. The number of hydrogen-bond donors (Lipinski definition) is 2. The van der Waals surface area contributed by atoms with Gasteiger partial charge in [-0.15, -0.1) is 6.42 Å². The van der Waals surface area contributed by atoms with E-state index in [4.69, 9.17) is 15.9 Å². The van der Waals surface area contributed by atoms with Gasteiger partial charge in [-0.1, -0.05) is 11.8 Å². The number of rotatable bonds is 6. The first-order valence-corrected chi connectivity index (χ1v) is 9.52. The van der Waals surface area contributed by atoms with Gasteiger partial charge in [0.2, 0.25) is 0 Å². The summed E-state index contributed by atoms with van der Waals surface area (Å²) in [5.74, 6) is 9.40. The van der Waals surface area contributed by atoms with Crippen molar-refractivity contribution < 1.29 is 19.7 Å². The molecule has 2 N–H and O–H groups in total. The van der Waals surface area contributed by atoms with E-state index in [1.165, 1.54) is 18.8 Å². The summed E-state index contributed by atoms with van der Waals surface area (Å²) in [5.41, 5.74) is -0.591. The van der Waals surface area contributed by atoms with Crippen LogP contribution in [0.1, 0.15) is 11.4 Å². The molecule has 10 nitrogen and oxygen atoms in total. The number of fused-ring (bicyclic) bond motifs is 1. The highest BCUT2D eigenvalue weighted by Gasteiger charge is 2.20. The molecular weight excluding hydrogens is 416 g/mol. The Balaban J connectivity index is 2.21. The Morgan fingerprint density at radius 1 is 1.16 bits per heavy atom. The van der Waals surface area contributed by atoms with E-state index in [9.17, 15) is 19.8 Å². The van der Waals surface area contributed by atoms with Gasteiger partial charge in [-0.3, -0.25) is 9.36 Å². The fourth-order valence-electron chi connectivity index (χ4n) is 3.18. The molecule has 0 saturated carbocycles. The summed E-state index contributed by atoms with van der Waals surface area (Å²) in [4.78, 5) is 30.1. The SMILES string of the molecule is C#CCn1c(=O)c2c(nc(C#Cc3ccc(OC)c(OC)c3)n2C)n(C[C@@H](O)CO)c1=O. The summed E-state index contributed by atoms with van der Waals surface area (Å²) in [7, 11) is 4.64. The molecule has 0 bridgehead atoms. The maximum Gasteiger partial charge on any atom is 0.333 e. The van der Waals surface area contributed by atoms with Crippen LogP contribution in [0.3, 0.4) is 0 Å². The molecule has 1 aromatic carbocycles. The molecule has 10 heteroatoms. The van der Waals surface area contributed by atoms with Gasteiger partial charge >= 0.3 is 5.69 Å². The first-order chi connectivity index (χ1) is 15.4. The lowest BCUT2D eigenvalue weighted by atomic mass is 10.2. The summed E-state index contributed by atoms with van der Waals surface area (Å²) >= 11 is 0. The minimum atomic E-state index is -1.23. The van der Waals surface area contributed by atoms with Gasteiger partial charge in [-0.25, -0.2) is 14.3 Å². The molecule has 0 radical (unpaired) electrons. The highest BCUT2D eigenvalue weighted by atomic mass is 16.5. The number of hydrogen-bond acceptors (Lipinski definition) is 7. The number of aryl methyl sites for hydroxylation is 1. The third kappa shape index (κ3) is 4.10. The second-order valence-corrected chi connectivity index (χ2v) is 6.81. The third-order valence-corrected chi connectivity index (χ3v) is 4.80. The van der Waals surface area contributed by atoms with Crippen LogP contribution in [0.25, 0.3) is 11.2 Å². The third-order valence-electron chi connectivity index (χ3n) is 4.80. The lowest BCUT2D eigenvalue weighted by molar-refractivity contribution is 0.0806. The summed E-state index contributed by atoms with van der Waals surface area (Å²) < 4.78 is 13.9. The molecule has 32 heavy (non-hydrogen) atoms. The van der Waals surface area contributed by atoms with Crippen LogP contribution >= 0.6 is 0 Å². The first-order valence-electron chi connectivity index (χ1n) is 9.52. The van der Waals surface area contributed by atoms with Gasteiger partial charge in [0.15, 0.2) is 28.5 Å². The lowest BCUT2D eigenvalue weighted by Gasteiger charge is -2.12. The number of methoxy groups -OCH3 is 2. The lowest BCUT2D eigenvalue weighted by Crippen LogP contribution is -2.42. The number of imidazole rings is 1. The topological polar surface area (TPSA) is 121 Å². The molecule has 166 valence electrons. The largest absolute Gasteiger partial charge is 0.493 e. The highest BCUT2D eigenvalue weighted by Crippen LogP contribution is 2.27. The molecule has 2 heterocycles. The first kappa shape index (κ1) is 22.7. The van der Waals surface area contributed by atoms with Gasteiger partial charge in [0.25, 0.3) is 5.56 Å². The van der Waals surface area contributed by atoms with Crippen molar-refractivity contribution in [2.45, 2.75) is 19.2 Å². The second kappa shape index (κ2) is 9.43. The molecule has 0 spiro atoms. The molecule has 0 saturated heterocycles. The van der Waals surface area contributed by atoms with Crippen molar-refractivity contribution in [3.8, 4) is 35.7 Å². The monoisotopic (exact) mass is 438 g/mol. The summed E-state index contributed by atoms with van der Waals surface area (Å²) in [6, 6.07) is 5.15. The summed E-state index contributed by atoms with van der Waals surface area (Å²) in [6.07, 6.45) is 4.08. The Kier molecular flexibility index (Phi) is 6.69. The Morgan fingerprint density at radius 2 is 1.88 bits per heavy atom. The second-order valence-electron chi connectivity index (χ2n) is 6.81. The number of terminal acetylenes is 1. The average molecular weight is 438 g/mol. The molecule has 3 rings (SSSR count). The van der Waals surface area contributed by atoms with E-state index in [0.717, 1.165) is 9.13 Å². The Hall–Kier alpha value is -3.99. The fourth-order valence-corrected chi connectivity index (χ4v) is 3.18. The zero-order valence-electron chi connectivity index (χ0n) is 17.8. The van der Waals surface area contributed by atoms with E-state index >= 15 is 0 Å². The Bertz CT molecular complexity index is 1380. The maximum atomic E-state index is 12.9. The minimum absolute atomic E-state index is 0.0416. The van der Waals surface area contributed by atoms with Gasteiger partial charge in [0.1, 0.15) is 0 Å². The molecule has 0 aliphatic carbocycles. The quantitative estimate of drug-likeness (QED) is 0.488. The van der Waals surface area contributed by atoms with E-state index in [1.54, 1.807) is 25.2 Å². The van der Waals surface area contributed by atoms with E-state index in [0.29, 0.717) is 17.1 Å². The maximum absolute atomic E-state index is 12.9. The number of aliphatic hydroxyl groups is 2. The van der Waals surface area contributed by atoms with Gasteiger partial charge in [0, 0.05) is 12.6 Å². The molecule has 0 fully saturated rings. The number of ether oxygens (including phenoxy) is 2. The van der Waals surface area contributed by atoms with Gasteiger partial charge in [0.05, 0.1) is 40.0 Å². The number of aromatic nitrogens is 4. The van der Waals surface area contributed by atoms with Crippen LogP contribution in [-0.4, -0.2) is 55.8 Å². The van der Waals surface area contributed by atoms with Crippen LogP contribution in [0, 0.1) is 24.2 Å². The van der Waals surface area contributed by atoms with Crippen LogP contribution in [0.4, 0.5) is 0 Å². The molecule has 3 aromatic rings. The standard InChI is InChI=1S/C22H22N4O6/c1-5-10-25-21(29)19-20(26(22(25)30)12-15(28)13-27)23-18(24(19)2)9-7-14-6-8-16(31-3)17(11-14)32-4/h1,6,8,11,15,27-28H,10,12-13H2,2-4H3/t15-/m1/s1. The van der Waals surface area contributed by atoms with Crippen molar-refractivity contribution in [1.29, 1.82) is 0 Å². The zero-order chi connectivity index (χ0) is 23.4. The highest BCUT2D eigenvalue weighted by molar-refractivity contribution is 5.72. The predicted octanol–water partition coefficient (Wildman–Crippen LogP) is -0.700. The van der Waals surface area contributed by atoms with Crippen LogP contribution in [0.5, 0.6) is 11.5 Å². The van der Waals surface area contributed by atoms with Crippen molar-refractivity contribution in [2.75, 3.05) is 20.8 Å². The van der Waals surface area contributed by atoms with E-state index in [-0.39, 0.29) is 30.1 Å². The van der Waals surface area contributed by atoms with Crippen molar-refractivity contribution in [3.05, 3.63) is 50.4 Å². The average Bonchev–Trinajstić information content (AvgIpc) is 3.13. The molecule has 0 unspecified atom stereocenters. The van der Waals surface area contributed by atoms with Crippen LogP contribution in [0.2, 0.25) is 0 Å². The van der Waals surface area contributed by atoms with E-state index in [1.807, 2.05) is 0 Å². The predicted molar refractivity (Wildman–Crippen MR) is 117 cm³/mol. The molecule has 0 aliphatic heterocycles. The van der Waals surface area contributed by atoms with Gasteiger partial charge in [-0.05, 0) is 24.1 Å². The Morgan fingerprint density at radius 3 is 2.50 bits per heavy atom. The molecule has 1 atom stereocenters. The number of nitrogens with zero attached hydrogens (tertiary/aromatic N) is 4. The summed E-state index contributed by atoms with van der Waals surface area (Å²) in [5, 5.41) is 19.1. The van der Waals surface area contributed by atoms with Crippen molar-refractivity contribution in [2.24, 2.45) is 7.05 Å². The normalized spacial score (nSPS) is 11.5. The molecule has 0 amide bonds. The Labute approximate surface area is 183 Å². The number of benzene rings is 1. The molecule has 0 aliphatic rings. The fraction of sp³-hybridized carbons (Fsp3) is 0.318. The van der Waals surface area contributed by atoms with Crippen LogP contribution in [0.15, 0.2) is 27.8 Å². The molecule has 2 aromatic heterocycles. The van der Waals surface area contributed by atoms with Gasteiger partial charge < -0.3 is 24.3 Å². The van der Waals surface area contributed by atoms with Crippen molar-refractivity contribution in [1.82, 2.24) is 18.7 Å². The van der Waals surface area contributed by atoms with Crippen molar-refractivity contribution in [3.63, 3.8) is 0 Å². The smallest absolute Gasteiger partial charge is 0.333 e. The molecular formula is C22H22N4O6. The minimum Gasteiger partial charge on any atom is -0.493 e. The van der Waals surface area contributed by atoms with Crippen molar-refractivity contribution >= 4 is 11.2 Å². The summed E-state index contributed by atoms with van der Waals surface area (Å²) in [6.45, 7) is -1.09. The van der Waals surface area contributed by atoms with Crippen LogP contribution in [-0.2, 0) is 20.1 Å². The van der Waals surface area contributed by atoms with Gasteiger partial charge in [-0.2, -0.15) is 0 Å². The van der Waals surface area contributed by atoms with Crippen LogP contribution < -0.4 is 20.7 Å². The zero-order valence-corrected chi connectivity index (χ0v) is 17.8.